The molecule has 2 amide bonds. The highest BCUT2D eigenvalue weighted by molar-refractivity contribution is 5.97. The Morgan fingerprint density at radius 2 is 1.71 bits per heavy atom. The molecule has 0 aromatic heterocycles. The van der Waals surface area contributed by atoms with Crippen molar-refractivity contribution < 1.29 is 37.0 Å². The van der Waals surface area contributed by atoms with Crippen molar-refractivity contribution in [1.29, 1.82) is 0 Å². The van der Waals surface area contributed by atoms with Gasteiger partial charge in [-0.05, 0) is 80.2 Å². The van der Waals surface area contributed by atoms with Gasteiger partial charge in [-0.15, -0.1) is 0 Å². The van der Waals surface area contributed by atoms with E-state index in [1.165, 1.54) is 13.0 Å². The average Bonchev–Trinajstić information content (AvgIpc) is 2.95. The van der Waals surface area contributed by atoms with Crippen LogP contribution in [-0.4, -0.2) is 30.6 Å². The van der Waals surface area contributed by atoms with Gasteiger partial charge in [0.15, 0.2) is 0 Å². The maximum absolute atomic E-state index is 13.9. The maximum atomic E-state index is 13.9. The molecule has 1 fully saturated rings. The Balaban J connectivity index is 1.52. The highest BCUT2D eigenvalue weighted by Gasteiger charge is 2.41. The van der Waals surface area contributed by atoms with Crippen LogP contribution in [0.4, 0.5) is 23.7 Å². The predicted octanol–water partition coefficient (Wildman–Crippen LogP) is 6.95. The molecule has 1 aliphatic heterocycles. The van der Waals surface area contributed by atoms with Crippen molar-refractivity contribution in [1.82, 2.24) is 5.32 Å². The summed E-state index contributed by atoms with van der Waals surface area (Å²) in [6, 6.07) is 11.4. The van der Waals surface area contributed by atoms with Crippen LogP contribution in [0.3, 0.4) is 0 Å². The summed E-state index contributed by atoms with van der Waals surface area (Å²) in [6.07, 6.45) is -0.744. The molecule has 10 heteroatoms. The summed E-state index contributed by atoms with van der Waals surface area (Å²) in [4.78, 5) is 39.3. The SMILES string of the molecule is CC[C@@H]1C[C@H](NC(=O)OCc2ccccc2)c2cc(C(F)(F)F)ccc2N1C(=O)C1CCC(CCOC(C)=O)CC1. The highest BCUT2D eigenvalue weighted by atomic mass is 19.4. The number of halogens is 3. The number of hydrogen-bond donors (Lipinski definition) is 1. The summed E-state index contributed by atoms with van der Waals surface area (Å²) in [5, 5.41) is 2.76. The minimum atomic E-state index is -4.58. The van der Waals surface area contributed by atoms with Gasteiger partial charge in [0.25, 0.3) is 0 Å². The molecule has 1 aliphatic carbocycles. The molecule has 1 saturated carbocycles. The van der Waals surface area contributed by atoms with Crippen molar-refractivity contribution in [3.05, 3.63) is 65.2 Å². The Bertz CT molecular complexity index is 1210. The average molecular weight is 575 g/mol. The van der Waals surface area contributed by atoms with Crippen LogP contribution in [0.1, 0.15) is 81.5 Å². The minimum Gasteiger partial charge on any atom is -0.466 e. The molecular weight excluding hydrogens is 537 g/mol. The summed E-state index contributed by atoms with van der Waals surface area (Å²) in [5.41, 5.74) is 0.600. The lowest BCUT2D eigenvalue weighted by atomic mass is 9.79. The van der Waals surface area contributed by atoms with Crippen LogP contribution in [0.15, 0.2) is 48.5 Å². The Morgan fingerprint density at radius 1 is 1.00 bits per heavy atom. The Labute approximate surface area is 238 Å². The molecule has 222 valence electrons. The predicted molar refractivity (Wildman–Crippen MR) is 147 cm³/mol. The largest absolute Gasteiger partial charge is 0.466 e. The number of alkyl carbamates (subject to hydrolysis) is 1. The first kappa shape index (κ1) is 30.4. The Kier molecular flexibility index (Phi) is 9.94. The smallest absolute Gasteiger partial charge is 0.416 e. The quantitative estimate of drug-likeness (QED) is 0.345. The second-order valence-corrected chi connectivity index (χ2v) is 10.9. The van der Waals surface area contributed by atoms with Crippen LogP contribution in [0, 0.1) is 11.8 Å². The number of ether oxygens (including phenoxy) is 2. The second-order valence-electron chi connectivity index (χ2n) is 10.9. The van der Waals surface area contributed by atoms with Crippen LogP contribution < -0.4 is 10.2 Å². The molecule has 1 heterocycles. The van der Waals surface area contributed by atoms with E-state index in [4.69, 9.17) is 9.47 Å². The van der Waals surface area contributed by atoms with Crippen molar-refractivity contribution in [2.24, 2.45) is 11.8 Å². The van der Waals surface area contributed by atoms with E-state index >= 15 is 0 Å². The molecule has 2 aromatic rings. The molecule has 2 aliphatic rings. The first-order valence-electron chi connectivity index (χ1n) is 14.2. The zero-order valence-electron chi connectivity index (χ0n) is 23.4. The van der Waals surface area contributed by atoms with E-state index in [1.54, 1.807) is 4.90 Å². The summed E-state index contributed by atoms with van der Waals surface area (Å²) < 4.78 is 51.5. The van der Waals surface area contributed by atoms with Crippen LogP contribution in [0.2, 0.25) is 0 Å². The molecule has 0 unspecified atom stereocenters. The standard InChI is InChI=1S/C31H37F3N2O5/c1-3-25-18-27(35-30(39)41-19-22-7-5-4-6-8-22)26-17-24(31(32,33)34)13-14-28(26)36(25)29(38)23-11-9-21(10-12-23)15-16-40-20(2)37/h4-8,13-14,17,21,23,25,27H,3,9-12,15-16,18-19H2,1-2H3,(H,35,39)/t21?,23?,25-,27+/m1/s1. The number of rotatable bonds is 8. The summed E-state index contributed by atoms with van der Waals surface area (Å²) in [6.45, 7) is 3.69. The molecule has 0 radical (unpaired) electrons. The number of esters is 1. The number of alkyl halides is 3. The van der Waals surface area contributed by atoms with E-state index < -0.39 is 23.9 Å². The fourth-order valence-electron chi connectivity index (χ4n) is 5.89. The maximum Gasteiger partial charge on any atom is 0.416 e. The van der Waals surface area contributed by atoms with Gasteiger partial charge in [-0.25, -0.2) is 4.79 Å². The zero-order valence-corrected chi connectivity index (χ0v) is 23.4. The fraction of sp³-hybridized carbons (Fsp3) is 0.516. The monoisotopic (exact) mass is 574 g/mol. The lowest BCUT2D eigenvalue weighted by molar-refractivity contribution is -0.141. The summed E-state index contributed by atoms with van der Waals surface area (Å²) in [7, 11) is 0. The molecular formula is C31H37F3N2O5. The lowest BCUT2D eigenvalue weighted by Crippen LogP contribution is -2.50. The number of carbonyl (C=O) groups excluding carboxylic acids is 3. The van der Waals surface area contributed by atoms with Gasteiger partial charge in [0.05, 0.1) is 18.2 Å². The van der Waals surface area contributed by atoms with Crippen LogP contribution >= 0.6 is 0 Å². The van der Waals surface area contributed by atoms with E-state index in [0.29, 0.717) is 37.5 Å². The first-order chi connectivity index (χ1) is 19.6. The Morgan fingerprint density at radius 3 is 2.34 bits per heavy atom. The number of nitrogens with one attached hydrogen (secondary N) is 1. The van der Waals surface area contributed by atoms with Gasteiger partial charge in [-0.1, -0.05) is 37.3 Å². The normalized spacial score (nSPS) is 22.4. The summed E-state index contributed by atoms with van der Waals surface area (Å²) >= 11 is 0. The third kappa shape index (κ3) is 7.80. The number of fused-ring (bicyclic) bond motifs is 1. The molecule has 1 N–H and O–H groups in total. The summed E-state index contributed by atoms with van der Waals surface area (Å²) in [5.74, 6) is -0.293. The van der Waals surface area contributed by atoms with E-state index in [9.17, 15) is 27.6 Å². The van der Waals surface area contributed by atoms with E-state index in [1.807, 2.05) is 37.3 Å². The number of benzene rings is 2. The highest BCUT2D eigenvalue weighted by Crippen LogP contribution is 2.43. The zero-order chi connectivity index (χ0) is 29.6. The van der Waals surface area contributed by atoms with Gasteiger partial charge < -0.3 is 19.7 Å². The third-order valence-corrected chi connectivity index (χ3v) is 8.10. The molecule has 0 bridgehead atoms. The number of hydrogen-bond acceptors (Lipinski definition) is 5. The molecule has 4 rings (SSSR count). The van der Waals surface area contributed by atoms with Gasteiger partial charge in [0, 0.05) is 24.6 Å². The number of anilines is 1. The number of nitrogens with zero attached hydrogens (tertiary/aromatic N) is 1. The lowest BCUT2D eigenvalue weighted by Gasteiger charge is -2.43. The molecule has 7 nitrogen and oxygen atoms in total. The van der Waals surface area contributed by atoms with Gasteiger partial charge in [0.2, 0.25) is 5.91 Å². The third-order valence-electron chi connectivity index (χ3n) is 8.10. The van der Waals surface area contributed by atoms with Crippen molar-refractivity contribution in [2.75, 3.05) is 11.5 Å². The molecule has 41 heavy (non-hydrogen) atoms. The fourth-order valence-corrected chi connectivity index (χ4v) is 5.89. The van der Waals surface area contributed by atoms with Gasteiger partial charge in [0.1, 0.15) is 6.61 Å². The van der Waals surface area contributed by atoms with Gasteiger partial charge in [-0.2, -0.15) is 13.2 Å². The first-order valence-corrected chi connectivity index (χ1v) is 14.2. The van der Waals surface area contributed by atoms with Crippen molar-refractivity contribution in [3.8, 4) is 0 Å². The van der Waals surface area contributed by atoms with Gasteiger partial charge >= 0.3 is 18.2 Å². The minimum absolute atomic E-state index is 0.0280. The molecule has 2 aromatic carbocycles. The van der Waals surface area contributed by atoms with E-state index in [2.05, 4.69) is 5.32 Å². The van der Waals surface area contributed by atoms with Gasteiger partial charge in [-0.3, -0.25) is 9.59 Å². The molecule has 0 spiro atoms. The molecule has 0 saturated heterocycles. The number of carbonyl (C=O) groups is 3. The van der Waals surface area contributed by atoms with Crippen molar-refractivity contribution in [3.63, 3.8) is 0 Å². The van der Waals surface area contributed by atoms with Crippen LogP contribution in [0.25, 0.3) is 0 Å². The van der Waals surface area contributed by atoms with Crippen molar-refractivity contribution in [2.45, 2.75) is 83.7 Å². The topological polar surface area (TPSA) is 84.9 Å². The van der Waals surface area contributed by atoms with E-state index in [-0.39, 0.29) is 42.4 Å². The van der Waals surface area contributed by atoms with E-state index in [0.717, 1.165) is 37.0 Å². The van der Waals surface area contributed by atoms with Crippen LogP contribution in [0.5, 0.6) is 0 Å². The second kappa shape index (κ2) is 13.4. The molecule has 2 atom stereocenters. The van der Waals surface area contributed by atoms with Crippen molar-refractivity contribution >= 4 is 23.7 Å². The Hall–Kier alpha value is -3.56. The number of amides is 2. The van der Waals surface area contributed by atoms with Crippen LogP contribution in [-0.2, 0) is 31.8 Å².